The van der Waals surface area contributed by atoms with E-state index in [9.17, 15) is 14.7 Å². The van der Waals surface area contributed by atoms with Crippen molar-refractivity contribution in [3.05, 3.63) is 0 Å². The Hall–Kier alpha value is -1.14. The van der Waals surface area contributed by atoms with Crippen LogP contribution in [0.25, 0.3) is 0 Å². The highest BCUT2D eigenvalue weighted by molar-refractivity contribution is 5.88. The number of carbonyl (C=O) groups excluding carboxylic acids is 1. The number of aliphatic hydroxyl groups is 1. The second-order valence-electron chi connectivity index (χ2n) is 4.93. The van der Waals surface area contributed by atoms with E-state index in [0.29, 0.717) is 0 Å². The van der Waals surface area contributed by atoms with E-state index in [1.807, 2.05) is 6.92 Å². The minimum atomic E-state index is -1.04. The summed E-state index contributed by atoms with van der Waals surface area (Å²) in [6, 6.07) is -1.19. The molecule has 2 saturated heterocycles. The van der Waals surface area contributed by atoms with Crippen molar-refractivity contribution in [2.45, 2.75) is 38.0 Å². The zero-order valence-electron chi connectivity index (χ0n) is 9.80. The van der Waals surface area contributed by atoms with Gasteiger partial charge in [-0.2, -0.15) is 0 Å². The quantitative estimate of drug-likeness (QED) is 0.580. The number of rotatable bonds is 2. The van der Waals surface area contributed by atoms with Crippen molar-refractivity contribution in [2.24, 2.45) is 5.92 Å². The maximum atomic E-state index is 12.2. The number of amides is 1. The van der Waals surface area contributed by atoms with Crippen LogP contribution in [-0.2, 0) is 9.59 Å². The summed E-state index contributed by atoms with van der Waals surface area (Å²) in [4.78, 5) is 24.5. The molecule has 96 valence electrons. The summed E-state index contributed by atoms with van der Waals surface area (Å²) in [5.74, 6) is -1.02. The van der Waals surface area contributed by atoms with Gasteiger partial charge in [-0.25, -0.2) is 4.79 Å². The van der Waals surface area contributed by atoms with E-state index in [0.717, 1.165) is 13.0 Å². The standard InChI is InChI=1S/C11H18N2O4/c1-6-2-3-12-9(6)10(15)13-5-7(14)4-8(13)11(16)17/h6-9,12,14H,2-5H2,1H3,(H,16,17)/t6?,7-,8-,9?/m1/s1. The average Bonchev–Trinajstić information content (AvgIpc) is 2.83. The second-order valence-corrected chi connectivity index (χ2v) is 4.93. The number of carbonyl (C=O) groups is 2. The van der Waals surface area contributed by atoms with E-state index < -0.39 is 18.1 Å². The Morgan fingerprint density at radius 3 is 2.65 bits per heavy atom. The zero-order chi connectivity index (χ0) is 12.6. The Morgan fingerprint density at radius 1 is 1.41 bits per heavy atom. The molecule has 6 nitrogen and oxygen atoms in total. The molecule has 2 rings (SSSR count). The molecule has 0 aromatic rings. The van der Waals surface area contributed by atoms with E-state index in [1.165, 1.54) is 4.90 Å². The normalized spacial score (nSPS) is 37.4. The van der Waals surface area contributed by atoms with Gasteiger partial charge in [0.05, 0.1) is 12.1 Å². The number of nitrogens with one attached hydrogen (secondary N) is 1. The number of likely N-dealkylation sites (tertiary alicyclic amines) is 1. The molecule has 0 aromatic carbocycles. The van der Waals surface area contributed by atoms with Crippen LogP contribution < -0.4 is 5.32 Å². The summed E-state index contributed by atoms with van der Waals surface area (Å²) in [5.41, 5.74) is 0. The van der Waals surface area contributed by atoms with Gasteiger partial charge in [0, 0.05) is 13.0 Å². The van der Waals surface area contributed by atoms with E-state index >= 15 is 0 Å². The molecular formula is C11H18N2O4. The van der Waals surface area contributed by atoms with Crippen molar-refractivity contribution in [1.82, 2.24) is 10.2 Å². The summed E-state index contributed by atoms with van der Waals surface area (Å²) in [6.45, 7) is 2.89. The molecule has 2 fully saturated rings. The third-order valence-corrected chi connectivity index (χ3v) is 3.65. The van der Waals surface area contributed by atoms with Gasteiger partial charge in [0.15, 0.2) is 0 Å². The molecule has 6 heteroatoms. The van der Waals surface area contributed by atoms with Crippen LogP contribution in [0.15, 0.2) is 0 Å². The summed E-state index contributed by atoms with van der Waals surface area (Å²) < 4.78 is 0. The van der Waals surface area contributed by atoms with Gasteiger partial charge < -0.3 is 20.4 Å². The van der Waals surface area contributed by atoms with Crippen molar-refractivity contribution in [2.75, 3.05) is 13.1 Å². The molecule has 2 heterocycles. The van der Waals surface area contributed by atoms with Gasteiger partial charge in [-0.05, 0) is 18.9 Å². The van der Waals surface area contributed by atoms with E-state index in [1.54, 1.807) is 0 Å². The minimum Gasteiger partial charge on any atom is -0.480 e. The summed E-state index contributed by atoms with van der Waals surface area (Å²) in [6.07, 6.45) is 0.323. The highest BCUT2D eigenvalue weighted by atomic mass is 16.4. The highest BCUT2D eigenvalue weighted by Gasteiger charge is 2.43. The lowest BCUT2D eigenvalue weighted by Crippen LogP contribution is -2.50. The first kappa shape index (κ1) is 12.3. The molecule has 17 heavy (non-hydrogen) atoms. The number of nitrogens with zero attached hydrogens (tertiary/aromatic N) is 1. The van der Waals surface area contributed by atoms with Crippen LogP contribution in [0.3, 0.4) is 0 Å². The Kier molecular flexibility index (Phi) is 3.35. The monoisotopic (exact) mass is 242 g/mol. The number of carboxylic acid groups (broad SMARTS) is 1. The van der Waals surface area contributed by atoms with Gasteiger partial charge in [0.25, 0.3) is 0 Å². The lowest BCUT2D eigenvalue weighted by atomic mass is 10.0. The molecule has 0 radical (unpaired) electrons. The van der Waals surface area contributed by atoms with Gasteiger partial charge in [-0.1, -0.05) is 6.92 Å². The molecule has 2 aliphatic heterocycles. The maximum absolute atomic E-state index is 12.2. The van der Waals surface area contributed by atoms with Crippen molar-refractivity contribution < 1.29 is 19.8 Å². The molecule has 3 N–H and O–H groups in total. The largest absolute Gasteiger partial charge is 0.480 e. The van der Waals surface area contributed by atoms with Crippen molar-refractivity contribution >= 4 is 11.9 Å². The fraction of sp³-hybridized carbons (Fsp3) is 0.818. The number of hydrogen-bond acceptors (Lipinski definition) is 4. The lowest BCUT2D eigenvalue weighted by molar-refractivity contribution is -0.149. The predicted octanol–water partition coefficient (Wildman–Crippen LogP) is -0.969. The first-order valence-electron chi connectivity index (χ1n) is 5.95. The van der Waals surface area contributed by atoms with E-state index in [-0.39, 0.29) is 30.8 Å². The highest BCUT2D eigenvalue weighted by Crippen LogP contribution is 2.23. The molecule has 0 spiro atoms. The van der Waals surface area contributed by atoms with Crippen LogP contribution in [0.5, 0.6) is 0 Å². The summed E-state index contributed by atoms with van der Waals surface area (Å²) >= 11 is 0. The van der Waals surface area contributed by atoms with Gasteiger partial charge in [0.2, 0.25) is 5.91 Å². The Labute approximate surface area is 99.6 Å². The van der Waals surface area contributed by atoms with E-state index in [4.69, 9.17) is 5.11 Å². The lowest BCUT2D eigenvalue weighted by Gasteiger charge is -2.26. The SMILES string of the molecule is CC1CCNC1C(=O)N1C[C@H](O)C[C@@H]1C(=O)O. The van der Waals surface area contributed by atoms with Crippen LogP contribution in [0, 0.1) is 5.92 Å². The number of aliphatic hydroxyl groups excluding tert-OH is 1. The number of carboxylic acids is 1. The second kappa shape index (κ2) is 4.62. The van der Waals surface area contributed by atoms with Crippen LogP contribution in [0.1, 0.15) is 19.8 Å². The molecule has 0 aromatic heterocycles. The third-order valence-electron chi connectivity index (χ3n) is 3.65. The molecule has 0 saturated carbocycles. The van der Waals surface area contributed by atoms with Crippen LogP contribution in [0.2, 0.25) is 0 Å². The van der Waals surface area contributed by atoms with Crippen LogP contribution in [-0.4, -0.2) is 58.3 Å². The predicted molar refractivity (Wildman–Crippen MR) is 59.3 cm³/mol. The summed E-state index contributed by atoms with van der Waals surface area (Å²) in [5, 5.41) is 21.6. The molecular weight excluding hydrogens is 224 g/mol. The molecule has 1 amide bonds. The molecule has 2 unspecified atom stereocenters. The molecule has 0 bridgehead atoms. The zero-order valence-corrected chi connectivity index (χ0v) is 9.80. The van der Waals surface area contributed by atoms with Gasteiger partial charge in [-0.15, -0.1) is 0 Å². The summed E-state index contributed by atoms with van der Waals surface area (Å²) in [7, 11) is 0. The minimum absolute atomic E-state index is 0.126. The van der Waals surface area contributed by atoms with Crippen LogP contribution >= 0.6 is 0 Å². The third kappa shape index (κ3) is 2.28. The van der Waals surface area contributed by atoms with Gasteiger partial charge in [0.1, 0.15) is 6.04 Å². The molecule has 4 atom stereocenters. The smallest absolute Gasteiger partial charge is 0.326 e. The average molecular weight is 242 g/mol. The first-order valence-corrected chi connectivity index (χ1v) is 5.95. The topological polar surface area (TPSA) is 89.9 Å². The Balaban J connectivity index is 2.10. The maximum Gasteiger partial charge on any atom is 0.326 e. The number of aliphatic carboxylic acids is 1. The fourth-order valence-corrected chi connectivity index (χ4v) is 2.64. The van der Waals surface area contributed by atoms with Gasteiger partial charge >= 0.3 is 5.97 Å². The Morgan fingerprint density at radius 2 is 2.12 bits per heavy atom. The molecule has 2 aliphatic rings. The van der Waals surface area contributed by atoms with Crippen molar-refractivity contribution in [3.8, 4) is 0 Å². The first-order chi connectivity index (χ1) is 8.00. The Bertz CT molecular complexity index is 333. The molecule has 0 aliphatic carbocycles. The van der Waals surface area contributed by atoms with E-state index in [2.05, 4.69) is 5.32 Å². The van der Waals surface area contributed by atoms with Crippen molar-refractivity contribution in [1.29, 1.82) is 0 Å². The fourth-order valence-electron chi connectivity index (χ4n) is 2.64. The van der Waals surface area contributed by atoms with Crippen LogP contribution in [0.4, 0.5) is 0 Å². The van der Waals surface area contributed by atoms with Crippen molar-refractivity contribution in [3.63, 3.8) is 0 Å². The number of β-amino-alcohol motifs (C(OH)–C–C–N with tert-alkyl or cyclic N) is 1. The number of hydrogen-bond donors (Lipinski definition) is 3. The van der Waals surface area contributed by atoms with Gasteiger partial charge in [-0.3, -0.25) is 4.79 Å².